The van der Waals surface area contributed by atoms with Crippen LogP contribution in [0.1, 0.15) is 29.8 Å². The first kappa shape index (κ1) is 18.4. The van der Waals surface area contributed by atoms with Gasteiger partial charge in [0.25, 0.3) is 5.91 Å². The lowest BCUT2D eigenvalue weighted by molar-refractivity contribution is 0.0765. The Hall–Kier alpha value is -1.99. The number of aromatic nitrogens is 3. The van der Waals surface area contributed by atoms with Crippen molar-refractivity contribution in [2.24, 2.45) is 11.1 Å². The average Bonchev–Trinajstić information content (AvgIpc) is 3.12. The van der Waals surface area contributed by atoms with Crippen molar-refractivity contribution in [1.82, 2.24) is 19.7 Å². The van der Waals surface area contributed by atoms with Crippen LogP contribution in [0.2, 0.25) is 0 Å². The minimum Gasteiger partial charge on any atom is -0.335 e. The van der Waals surface area contributed by atoms with E-state index in [0.29, 0.717) is 31.1 Å². The summed E-state index contributed by atoms with van der Waals surface area (Å²) in [5, 5.41) is 4.29. The van der Waals surface area contributed by atoms with Crippen LogP contribution in [0.5, 0.6) is 0 Å². The van der Waals surface area contributed by atoms with Gasteiger partial charge in [0, 0.05) is 13.1 Å². The van der Waals surface area contributed by atoms with Crippen molar-refractivity contribution >= 4 is 18.3 Å². The van der Waals surface area contributed by atoms with Gasteiger partial charge in [-0.25, -0.2) is 14.1 Å². The van der Waals surface area contributed by atoms with E-state index in [1.54, 1.807) is 28.6 Å². The van der Waals surface area contributed by atoms with Gasteiger partial charge in [-0.05, 0) is 49.6 Å². The van der Waals surface area contributed by atoms with Gasteiger partial charge < -0.3 is 10.6 Å². The first-order valence-electron chi connectivity index (χ1n) is 7.61. The van der Waals surface area contributed by atoms with E-state index in [-0.39, 0.29) is 35.4 Å². The number of nitrogens with two attached hydrogens (primary N) is 1. The van der Waals surface area contributed by atoms with Gasteiger partial charge in [0.15, 0.2) is 0 Å². The largest absolute Gasteiger partial charge is 0.335 e. The molecular formula is C16H21ClFN5O. The van der Waals surface area contributed by atoms with Crippen LogP contribution >= 0.6 is 12.4 Å². The highest BCUT2D eigenvalue weighted by Crippen LogP contribution is 2.29. The molecule has 2 aromatic rings. The molecule has 1 aromatic carbocycles. The van der Waals surface area contributed by atoms with Gasteiger partial charge in [0.1, 0.15) is 11.6 Å². The van der Waals surface area contributed by atoms with Crippen molar-refractivity contribution in [1.29, 1.82) is 0 Å². The number of hydrogen-bond donors (Lipinski definition) is 1. The highest BCUT2D eigenvalue weighted by atomic mass is 35.5. The van der Waals surface area contributed by atoms with Gasteiger partial charge in [-0.2, -0.15) is 0 Å². The quantitative estimate of drug-likeness (QED) is 0.914. The summed E-state index contributed by atoms with van der Waals surface area (Å²) in [5.41, 5.74) is 6.41. The Labute approximate surface area is 146 Å². The lowest BCUT2D eigenvalue weighted by Crippen LogP contribution is -2.35. The molecule has 1 atom stereocenters. The lowest BCUT2D eigenvalue weighted by atomic mass is 9.90. The van der Waals surface area contributed by atoms with Gasteiger partial charge in [0.2, 0.25) is 5.82 Å². The number of nitrogens with zero attached hydrogens (tertiary/aromatic N) is 4. The number of carbonyl (C=O) groups is 1. The topological polar surface area (TPSA) is 77.0 Å². The Bertz CT molecular complexity index is 733. The summed E-state index contributed by atoms with van der Waals surface area (Å²) in [4.78, 5) is 18.6. The maximum absolute atomic E-state index is 13.0. The fourth-order valence-electron chi connectivity index (χ4n) is 2.81. The maximum Gasteiger partial charge on any atom is 0.293 e. The number of benzene rings is 1. The predicted octanol–water partition coefficient (Wildman–Crippen LogP) is 1.95. The molecule has 0 saturated carbocycles. The summed E-state index contributed by atoms with van der Waals surface area (Å²) in [6.07, 6.45) is 0.882. The molecule has 1 aromatic heterocycles. The lowest BCUT2D eigenvalue weighted by Gasteiger charge is -2.21. The highest BCUT2D eigenvalue weighted by Gasteiger charge is 2.36. The molecule has 6 nitrogen and oxygen atoms in total. The number of hydrogen-bond acceptors (Lipinski definition) is 4. The van der Waals surface area contributed by atoms with Crippen molar-refractivity contribution in [2.75, 3.05) is 19.6 Å². The molecule has 1 aliphatic rings. The van der Waals surface area contributed by atoms with Crippen LogP contribution in [0.4, 0.5) is 4.39 Å². The zero-order valence-corrected chi connectivity index (χ0v) is 14.5. The number of carbonyl (C=O) groups excluding carboxylic acids is 1. The second kappa shape index (κ2) is 6.86. The molecule has 0 bridgehead atoms. The molecule has 0 spiro atoms. The number of rotatable bonds is 3. The van der Waals surface area contributed by atoms with E-state index in [2.05, 4.69) is 17.0 Å². The Kier molecular flexibility index (Phi) is 5.25. The zero-order chi connectivity index (χ0) is 16.6. The summed E-state index contributed by atoms with van der Waals surface area (Å²) >= 11 is 0. The molecule has 2 N–H and O–H groups in total. The SMILES string of the molecule is Cc1nc(C(=O)N2CCC(C)(CN)C2)nn1-c1ccc(F)cc1.Cl. The van der Waals surface area contributed by atoms with Crippen LogP contribution in [0.25, 0.3) is 5.69 Å². The normalized spacial score (nSPS) is 20.1. The van der Waals surface area contributed by atoms with Crippen LogP contribution in [-0.4, -0.2) is 45.2 Å². The number of amides is 1. The van der Waals surface area contributed by atoms with Crippen LogP contribution in [-0.2, 0) is 0 Å². The summed E-state index contributed by atoms with van der Waals surface area (Å²) in [5.74, 6) is 0.237. The van der Waals surface area contributed by atoms with Crippen molar-refractivity contribution in [2.45, 2.75) is 20.3 Å². The van der Waals surface area contributed by atoms with Crippen molar-refractivity contribution in [3.63, 3.8) is 0 Å². The molecule has 24 heavy (non-hydrogen) atoms. The third kappa shape index (κ3) is 3.42. The molecule has 1 amide bonds. The fraction of sp³-hybridized carbons (Fsp3) is 0.438. The molecule has 1 saturated heterocycles. The molecular weight excluding hydrogens is 333 g/mol. The van der Waals surface area contributed by atoms with E-state index in [1.807, 2.05) is 0 Å². The smallest absolute Gasteiger partial charge is 0.293 e. The van der Waals surface area contributed by atoms with E-state index >= 15 is 0 Å². The first-order chi connectivity index (χ1) is 10.9. The Morgan fingerprint density at radius 2 is 2.04 bits per heavy atom. The van der Waals surface area contributed by atoms with Gasteiger partial charge in [-0.3, -0.25) is 4.79 Å². The van der Waals surface area contributed by atoms with Crippen LogP contribution in [0, 0.1) is 18.2 Å². The summed E-state index contributed by atoms with van der Waals surface area (Å²) in [6.45, 7) is 5.67. The third-order valence-corrected chi connectivity index (χ3v) is 4.37. The molecule has 130 valence electrons. The molecule has 8 heteroatoms. The molecule has 0 aliphatic carbocycles. The summed E-state index contributed by atoms with van der Waals surface area (Å²) in [6, 6.07) is 5.91. The highest BCUT2D eigenvalue weighted by molar-refractivity contribution is 5.90. The van der Waals surface area contributed by atoms with E-state index in [1.165, 1.54) is 12.1 Å². The molecule has 3 rings (SSSR count). The fourth-order valence-corrected chi connectivity index (χ4v) is 2.81. The van der Waals surface area contributed by atoms with Gasteiger partial charge in [0.05, 0.1) is 5.69 Å². The van der Waals surface area contributed by atoms with E-state index in [4.69, 9.17) is 5.73 Å². The zero-order valence-electron chi connectivity index (χ0n) is 13.7. The van der Waals surface area contributed by atoms with E-state index < -0.39 is 0 Å². The molecule has 2 heterocycles. The van der Waals surface area contributed by atoms with Gasteiger partial charge in [-0.15, -0.1) is 17.5 Å². The maximum atomic E-state index is 13.0. The van der Waals surface area contributed by atoms with Gasteiger partial charge >= 0.3 is 0 Å². The van der Waals surface area contributed by atoms with Crippen LogP contribution in [0.3, 0.4) is 0 Å². The number of likely N-dealkylation sites (tertiary alicyclic amines) is 1. The minimum atomic E-state index is -0.319. The summed E-state index contributed by atoms with van der Waals surface area (Å²) < 4.78 is 14.6. The summed E-state index contributed by atoms with van der Waals surface area (Å²) in [7, 11) is 0. The first-order valence-corrected chi connectivity index (χ1v) is 7.61. The number of halogens is 2. The molecule has 1 unspecified atom stereocenters. The standard InChI is InChI=1S/C16H20FN5O.ClH/c1-11-19-14(15(23)21-8-7-16(2,9-18)10-21)20-22(11)13-5-3-12(17)4-6-13;/h3-6H,7-10,18H2,1-2H3;1H. The second-order valence-corrected chi connectivity index (χ2v) is 6.36. The Morgan fingerprint density at radius 3 is 2.62 bits per heavy atom. The number of aryl methyl sites for hydroxylation is 1. The van der Waals surface area contributed by atoms with Crippen LogP contribution < -0.4 is 5.73 Å². The second-order valence-electron chi connectivity index (χ2n) is 6.36. The molecule has 1 aliphatic heterocycles. The Morgan fingerprint density at radius 1 is 1.38 bits per heavy atom. The van der Waals surface area contributed by atoms with Gasteiger partial charge in [-0.1, -0.05) is 6.92 Å². The van der Waals surface area contributed by atoms with E-state index in [0.717, 1.165) is 6.42 Å². The Balaban J connectivity index is 0.00000208. The van der Waals surface area contributed by atoms with Crippen molar-refractivity contribution < 1.29 is 9.18 Å². The monoisotopic (exact) mass is 353 g/mol. The van der Waals surface area contributed by atoms with Crippen LogP contribution in [0.15, 0.2) is 24.3 Å². The predicted molar refractivity (Wildman–Crippen MR) is 91.0 cm³/mol. The third-order valence-electron chi connectivity index (χ3n) is 4.37. The van der Waals surface area contributed by atoms with E-state index in [9.17, 15) is 9.18 Å². The minimum absolute atomic E-state index is 0. The molecule has 0 radical (unpaired) electrons. The average molecular weight is 354 g/mol. The van der Waals surface area contributed by atoms with Crippen molar-refractivity contribution in [3.8, 4) is 5.69 Å². The molecule has 1 fully saturated rings. The van der Waals surface area contributed by atoms with Crippen molar-refractivity contribution in [3.05, 3.63) is 41.7 Å².